The summed E-state index contributed by atoms with van der Waals surface area (Å²) in [7, 11) is 0. The van der Waals surface area contributed by atoms with Crippen molar-refractivity contribution in [1.82, 2.24) is 9.80 Å². The summed E-state index contributed by atoms with van der Waals surface area (Å²) in [6, 6.07) is 18.2. The van der Waals surface area contributed by atoms with Crippen LogP contribution in [0.1, 0.15) is 12.8 Å². The molecule has 0 spiro atoms. The molecule has 2 aromatic carbocycles. The summed E-state index contributed by atoms with van der Waals surface area (Å²) in [5, 5.41) is 36.6. The molecule has 9 heteroatoms. The number of carbonyl (C=O) groups is 1. The fraction of sp³-hybridized carbons (Fsp3) is 0.375. The highest BCUT2D eigenvalue weighted by Gasteiger charge is 2.17. The molecule has 0 unspecified atom stereocenters. The highest BCUT2D eigenvalue weighted by molar-refractivity contribution is 7.99. The minimum Gasteiger partial charge on any atom is -0.508 e. The van der Waals surface area contributed by atoms with Gasteiger partial charge in [-0.2, -0.15) is 10.5 Å². The SMILES string of the molecule is N#CCCN(CCC#N)C(=O)CN(CCSc1ccc(O)cc1)CCSc1ccc(O)cc1. The van der Waals surface area contributed by atoms with Crippen LogP contribution >= 0.6 is 23.5 Å². The van der Waals surface area contributed by atoms with Crippen molar-refractivity contribution in [1.29, 1.82) is 10.5 Å². The van der Waals surface area contributed by atoms with E-state index in [1.165, 1.54) is 0 Å². The average Bonchev–Trinajstić information content (AvgIpc) is 2.81. The predicted molar refractivity (Wildman–Crippen MR) is 131 cm³/mol. The molecule has 0 aliphatic rings. The number of nitriles is 2. The van der Waals surface area contributed by atoms with Gasteiger partial charge in [0.1, 0.15) is 11.5 Å². The molecule has 0 aromatic heterocycles. The van der Waals surface area contributed by atoms with E-state index < -0.39 is 0 Å². The lowest BCUT2D eigenvalue weighted by Gasteiger charge is -2.26. The van der Waals surface area contributed by atoms with Gasteiger partial charge in [0, 0.05) is 47.5 Å². The van der Waals surface area contributed by atoms with Gasteiger partial charge in [0.15, 0.2) is 0 Å². The molecule has 2 aromatic rings. The molecular formula is C24H28N4O3S2. The van der Waals surface area contributed by atoms with Crippen LogP contribution in [0.15, 0.2) is 58.3 Å². The maximum Gasteiger partial charge on any atom is 0.236 e. The molecule has 0 heterocycles. The Bertz CT molecular complexity index is 871. The second kappa shape index (κ2) is 15.1. The average molecular weight is 485 g/mol. The molecule has 2 N–H and O–H groups in total. The Labute approximate surface area is 203 Å². The number of aromatic hydroxyl groups is 2. The Balaban J connectivity index is 1.95. The van der Waals surface area contributed by atoms with E-state index in [9.17, 15) is 15.0 Å². The van der Waals surface area contributed by atoms with Gasteiger partial charge in [-0.25, -0.2) is 0 Å². The summed E-state index contributed by atoms with van der Waals surface area (Å²) < 4.78 is 0. The summed E-state index contributed by atoms with van der Waals surface area (Å²) >= 11 is 3.31. The first kappa shape index (κ1) is 26.4. The van der Waals surface area contributed by atoms with Crippen molar-refractivity contribution >= 4 is 29.4 Å². The van der Waals surface area contributed by atoms with Crippen LogP contribution in [-0.2, 0) is 4.79 Å². The van der Waals surface area contributed by atoms with E-state index in [2.05, 4.69) is 17.0 Å². The summed E-state index contributed by atoms with van der Waals surface area (Å²) in [6.45, 7) is 2.27. The fourth-order valence-electron chi connectivity index (χ4n) is 2.96. The maximum atomic E-state index is 12.9. The minimum absolute atomic E-state index is 0.0789. The van der Waals surface area contributed by atoms with Crippen molar-refractivity contribution < 1.29 is 15.0 Å². The molecule has 0 fully saturated rings. The Morgan fingerprint density at radius 2 is 1.18 bits per heavy atom. The monoisotopic (exact) mass is 484 g/mol. The molecule has 33 heavy (non-hydrogen) atoms. The van der Waals surface area contributed by atoms with Gasteiger partial charge in [0.2, 0.25) is 5.91 Å². The normalized spacial score (nSPS) is 10.5. The number of hydrogen-bond acceptors (Lipinski definition) is 8. The first-order valence-corrected chi connectivity index (χ1v) is 12.6. The Kier molecular flexibility index (Phi) is 12.1. The number of amides is 1. The largest absolute Gasteiger partial charge is 0.508 e. The number of phenolic OH excluding ortho intramolecular Hbond substituents is 2. The molecular weight excluding hydrogens is 456 g/mol. The molecule has 0 saturated carbocycles. The molecule has 0 radical (unpaired) electrons. The number of nitrogens with zero attached hydrogens (tertiary/aromatic N) is 4. The van der Waals surface area contributed by atoms with E-state index in [-0.39, 0.29) is 36.8 Å². The predicted octanol–water partition coefficient (Wildman–Crippen LogP) is 3.94. The number of carbonyl (C=O) groups excluding carboxylic acids is 1. The van der Waals surface area contributed by atoms with Crippen LogP contribution in [0.2, 0.25) is 0 Å². The number of hydrogen-bond donors (Lipinski definition) is 2. The van der Waals surface area contributed by atoms with Gasteiger partial charge in [-0.1, -0.05) is 0 Å². The van der Waals surface area contributed by atoms with Crippen LogP contribution in [0.4, 0.5) is 0 Å². The third-order valence-electron chi connectivity index (χ3n) is 4.72. The van der Waals surface area contributed by atoms with Gasteiger partial charge in [0.25, 0.3) is 0 Å². The van der Waals surface area contributed by atoms with Crippen LogP contribution in [0.5, 0.6) is 11.5 Å². The Morgan fingerprint density at radius 3 is 1.58 bits per heavy atom. The van der Waals surface area contributed by atoms with E-state index in [4.69, 9.17) is 10.5 Å². The zero-order valence-corrected chi connectivity index (χ0v) is 20.0. The summed E-state index contributed by atoms with van der Waals surface area (Å²) in [5.41, 5.74) is 0. The topological polar surface area (TPSA) is 112 Å². The second-order valence-corrected chi connectivity index (χ2v) is 9.49. The minimum atomic E-state index is -0.0789. The lowest BCUT2D eigenvalue weighted by molar-refractivity contribution is -0.132. The molecule has 0 aliphatic heterocycles. The molecule has 0 aliphatic carbocycles. The lowest BCUT2D eigenvalue weighted by Crippen LogP contribution is -2.42. The van der Waals surface area contributed by atoms with Crippen LogP contribution in [0, 0.1) is 22.7 Å². The molecule has 7 nitrogen and oxygen atoms in total. The third-order valence-corrected chi connectivity index (χ3v) is 6.71. The standard InChI is InChI=1S/C24H28N4O3S2/c25-11-1-13-28(14-2-12-26)24(31)19-27(15-17-32-22-7-3-20(29)4-8-22)16-18-33-23-9-5-21(30)6-10-23/h3-10,29-30H,1-2,13-19H2. The van der Waals surface area contributed by atoms with Gasteiger partial charge in [-0.05, 0) is 48.5 Å². The molecule has 0 bridgehead atoms. The maximum absolute atomic E-state index is 12.9. The lowest BCUT2D eigenvalue weighted by atomic mass is 10.3. The smallest absolute Gasteiger partial charge is 0.236 e. The first-order chi connectivity index (χ1) is 16.0. The van der Waals surface area contributed by atoms with Crippen LogP contribution in [0.25, 0.3) is 0 Å². The zero-order valence-electron chi connectivity index (χ0n) is 18.4. The van der Waals surface area contributed by atoms with Gasteiger partial charge in [0.05, 0.1) is 31.5 Å². The highest BCUT2D eigenvalue weighted by atomic mass is 32.2. The van der Waals surface area contributed by atoms with Crippen molar-refractivity contribution in [2.75, 3.05) is 44.2 Å². The van der Waals surface area contributed by atoms with Crippen molar-refractivity contribution in [3.05, 3.63) is 48.5 Å². The Morgan fingerprint density at radius 1 is 0.758 bits per heavy atom. The molecule has 0 atom stereocenters. The van der Waals surface area contributed by atoms with Gasteiger partial charge < -0.3 is 15.1 Å². The number of thioether (sulfide) groups is 2. The van der Waals surface area contributed by atoms with Crippen LogP contribution < -0.4 is 0 Å². The number of phenols is 2. The van der Waals surface area contributed by atoms with Gasteiger partial charge in [-0.15, -0.1) is 23.5 Å². The van der Waals surface area contributed by atoms with Crippen LogP contribution in [-0.4, -0.2) is 70.1 Å². The molecule has 0 saturated heterocycles. The van der Waals surface area contributed by atoms with Crippen LogP contribution in [0.3, 0.4) is 0 Å². The van der Waals surface area contributed by atoms with Crippen molar-refractivity contribution in [2.45, 2.75) is 22.6 Å². The zero-order chi connectivity index (χ0) is 23.9. The molecule has 174 valence electrons. The van der Waals surface area contributed by atoms with Crippen molar-refractivity contribution in [2.24, 2.45) is 0 Å². The van der Waals surface area contributed by atoms with Gasteiger partial charge >= 0.3 is 0 Å². The van der Waals surface area contributed by atoms with Crippen molar-refractivity contribution in [3.8, 4) is 23.6 Å². The molecule has 1 amide bonds. The summed E-state index contributed by atoms with van der Waals surface area (Å²) in [4.78, 5) is 18.7. The van der Waals surface area contributed by atoms with Crippen molar-refractivity contribution in [3.63, 3.8) is 0 Å². The van der Waals surface area contributed by atoms with E-state index in [0.717, 1.165) is 21.3 Å². The van der Waals surface area contributed by atoms with E-state index >= 15 is 0 Å². The fourth-order valence-corrected chi connectivity index (χ4v) is 4.79. The quantitative estimate of drug-likeness (QED) is 0.388. The molecule has 2 rings (SSSR count). The van der Waals surface area contributed by atoms with Gasteiger partial charge in [-0.3, -0.25) is 9.69 Å². The Hall–Kier alpha value is -2.85. The van der Waals surface area contributed by atoms with E-state index in [1.54, 1.807) is 52.7 Å². The van der Waals surface area contributed by atoms with E-state index in [1.807, 2.05) is 24.3 Å². The summed E-state index contributed by atoms with van der Waals surface area (Å²) in [6.07, 6.45) is 0.481. The third kappa shape index (κ3) is 10.5. The first-order valence-electron chi connectivity index (χ1n) is 10.6. The number of benzene rings is 2. The second-order valence-electron chi connectivity index (χ2n) is 7.16. The van der Waals surface area contributed by atoms with E-state index in [0.29, 0.717) is 26.2 Å². The number of rotatable bonds is 14. The highest BCUT2D eigenvalue weighted by Crippen LogP contribution is 2.22. The summed E-state index contributed by atoms with van der Waals surface area (Å²) in [5.74, 6) is 1.93.